The van der Waals surface area contributed by atoms with Crippen LogP contribution in [-0.2, 0) is 21.6 Å². The third-order valence-electron chi connectivity index (χ3n) is 1.93. The van der Waals surface area contributed by atoms with Gasteiger partial charge in [-0.05, 0) is 12.5 Å². The first-order valence-electron chi connectivity index (χ1n) is 4.99. The summed E-state index contributed by atoms with van der Waals surface area (Å²) < 4.78 is 24.6. The van der Waals surface area contributed by atoms with Crippen LogP contribution in [0, 0.1) is 0 Å². The summed E-state index contributed by atoms with van der Waals surface area (Å²) in [5.74, 6) is 0.0114. The third-order valence-corrected chi connectivity index (χ3v) is 2.49. The third kappa shape index (κ3) is 4.12. The second kappa shape index (κ2) is 6.40. The molecule has 0 spiro atoms. The number of benzene rings is 1. The fraction of sp³-hybridized carbons (Fsp3) is 0.364. The number of ether oxygens (including phenoxy) is 1. The van der Waals surface area contributed by atoms with Crippen molar-refractivity contribution in [3.63, 3.8) is 0 Å². The normalized spacial score (nSPS) is 12.1. The summed E-state index contributed by atoms with van der Waals surface area (Å²) in [7, 11) is 0. The smallest absolute Gasteiger partial charge is 0.311 e. The van der Waals surface area contributed by atoms with Crippen molar-refractivity contribution in [2.45, 2.75) is 25.5 Å². The molecule has 0 saturated heterocycles. The van der Waals surface area contributed by atoms with Crippen molar-refractivity contribution in [1.29, 1.82) is 0 Å². The van der Waals surface area contributed by atoms with Crippen molar-refractivity contribution in [2.75, 3.05) is 0 Å². The summed E-state index contributed by atoms with van der Waals surface area (Å²) in [5.41, 5.74) is 0.563. The van der Waals surface area contributed by atoms with Crippen LogP contribution >= 0.6 is 0 Å². The van der Waals surface area contributed by atoms with E-state index in [1.165, 1.54) is 0 Å². The van der Waals surface area contributed by atoms with Crippen molar-refractivity contribution in [1.82, 2.24) is 0 Å². The maximum atomic E-state index is 11.3. The number of rotatable bonds is 5. The van der Waals surface area contributed by atoms with E-state index in [1.54, 1.807) is 24.3 Å². The van der Waals surface area contributed by atoms with Crippen LogP contribution in [0.5, 0.6) is 5.75 Å². The zero-order valence-corrected chi connectivity index (χ0v) is 9.83. The Hall–Kier alpha value is -1.20. The zero-order valence-electron chi connectivity index (χ0n) is 9.01. The molecule has 88 valence electrons. The molecule has 0 aliphatic heterocycles. The van der Waals surface area contributed by atoms with Gasteiger partial charge in [-0.25, -0.2) is 4.21 Å². The van der Waals surface area contributed by atoms with Gasteiger partial charge in [-0.1, -0.05) is 25.1 Å². The Morgan fingerprint density at radius 3 is 2.75 bits per heavy atom. The summed E-state index contributed by atoms with van der Waals surface area (Å²) in [6, 6.07) is 6.75. The van der Waals surface area contributed by atoms with Crippen LogP contribution in [-0.4, -0.2) is 14.7 Å². The van der Waals surface area contributed by atoms with Crippen molar-refractivity contribution < 1.29 is 18.3 Å². The van der Waals surface area contributed by atoms with Gasteiger partial charge in [0, 0.05) is 12.0 Å². The summed E-state index contributed by atoms with van der Waals surface area (Å²) in [6.07, 6.45) is 1.06. The predicted octanol–water partition coefficient (Wildman–Crippen LogP) is 2.11. The van der Waals surface area contributed by atoms with Gasteiger partial charge in [0.25, 0.3) is 0 Å². The Kier molecular flexibility index (Phi) is 5.14. The minimum Gasteiger partial charge on any atom is -0.426 e. The monoisotopic (exact) mass is 242 g/mol. The highest BCUT2D eigenvalue weighted by atomic mass is 32.2. The summed E-state index contributed by atoms with van der Waals surface area (Å²) in [5, 5.41) is 0. The van der Waals surface area contributed by atoms with E-state index in [1.807, 2.05) is 6.92 Å². The summed E-state index contributed by atoms with van der Waals surface area (Å²) >= 11 is -1.94. The molecule has 0 aliphatic rings. The molecule has 1 aromatic rings. The quantitative estimate of drug-likeness (QED) is 0.488. The van der Waals surface area contributed by atoms with Crippen LogP contribution < -0.4 is 4.74 Å². The highest BCUT2D eigenvalue weighted by Gasteiger charge is 2.09. The van der Waals surface area contributed by atoms with Gasteiger partial charge in [-0.3, -0.25) is 4.79 Å². The lowest BCUT2D eigenvalue weighted by molar-refractivity contribution is -0.134. The van der Waals surface area contributed by atoms with Crippen LogP contribution in [0.4, 0.5) is 0 Å². The number of esters is 1. The molecule has 1 aromatic carbocycles. The molecule has 0 bridgehead atoms. The number of hydrogen-bond donors (Lipinski definition) is 1. The Morgan fingerprint density at radius 1 is 1.44 bits per heavy atom. The molecular formula is C11H14O4S. The highest BCUT2D eigenvalue weighted by molar-refractivity contribution is 7.78. The Bertz CT molecular complexity index is 389. The summed E-state index contributed by atoms with van der Waals surface area (Å²) in [6.45, 7) is 1.88. The molecule has 0 amide bonds. The van der Waals surface area contributed by atoms with Crippen LogP contribution in [0.25, 0.3) is 0 Å². The van der Waals surface area contributed by atoms with E-state index >= 15 is 0 Å². The van der Waals surface area contributed by atoms with E-state index < -0.39 is 11.1 Å². The first-order valence-corrected chi connectivity index (χ1v) is 6.27. The maximum Gasteiger partial charge on any atom is 0.311 e. The molecule has 1 rings (SSSR count). The van der Waals surface area contributed by atoms with Crippen LogP contribution in [0.3, 0.4) is 0 Å². The minimum atomic E-state index is -1.94. The van der Waals surface area contributed by atoms with Gasteiger partial charge in [0.1, 0.15) is 5.75 Å². The van der Waals surface area contributed by atoms with Crippen molar-refractivity contribution in [3.8, 4) is 5.75 Å². The first kappa shape index (κ1) is 12.9. The highest BCUT2D eigenvalue weighted by Crippen LogP contribution is 2.19. The van der Waals surface area contributed by atoms with Gasteiger partial charge >= 0.3 is 5.97 Å². The van der Waals surface area contributed by atoms with Crippen molar-refractivity contribution in [2.24, 2.45) is 0 Å². The SMILES string of the molecule is CCCC(=O)Oc1ccccc1CS(=O)O. The lowest BCUT2D eigenvalue weighted by Crippen LogP contribution is -2.09. The van der Waals surface area contributed by atoms with Gasteiger partial charge in [-0.15, -0.1) is 0 Å². The largest absolute Gasteiger partial charge is 0.426 e. The molecule has 4 nitrogen and oxygen atoms in total. The molecule has 0 aliphatic carbocycles. The average molecular weight is 242 g/mol. The van der Waals surface area contributed by atoms with E-state index in [0.29, 0.717) is 24.2 Å². The lowest BCUT2D eigenvalue weighted by atomic mass is 10.2. The Balaban J connectivity index is 2.78. The van der Waals surface area contributed by atoms with Crippen LogP contribution in [0.1, 0.15) is 25.3 Å². The zero-order chi connectivity index (χ0) is 12.0. The van der Waals surface area contributed by atoms with Gasteiger partial charge in [0.2, 0.25) is 0 Å². The Labute approximate surface area is 96.9 Å². The van der Waals surface area contributed by atoms with Gasteiger partial charge in [-0.2, -0.15) is 0 Å². The molecule has 1 atom stereocenters. The van der Waals surface area contributed by atoms with E-state index in [9.17, 15) is 9.00 Å². The van der Waals surface area contributed by atoms with Gasteiger partial charge in [0.15, 0.2) is 11.1 Å². The topological polar surface area (TPSA) is 63.6 Å². The number of para-hydroxylation sites is 1. The fourth-order valence-electron chi connectivity index (χ4n) is 1.23. The van der Waals surface area contributed by atoms with Crippen LogP contribution in [0.2, 0.25) is 0 Å². The van der Waals surface area contributed by atoms with Crippen LogP contribution in [0.15, 0.2) is 24.3 Å². The Morgan fingerprint density at radius 2 is 2.12 bits per heavy atom. The van der Waals surface area contributed by atoms with Crippen molar-refractivity contribution >= 4 is 17.0 Å². The molecule has 1 N–H and O–H groups in total. The molecule has 0 fully saturated rings. The molecule has 0 radical (unpaired) electrons. The molecule has 16 heavy (non-hydrogen) atoms. The van der Waals surface area contributed by atoms with E-state index in [-0.39, 0.29) is 11.7 Å². The fourth-order valence-corrected chi connectivity index (χ4v) is 1.74. The molecule has 0 heterocycles. The van der Waals surface area contributed by atoms with Gasteiger partial charge in [0.05, 0.1) is 5.75 Å². The molecule has 1 unspecified atom stereocenters. The molecule has 0 saturated carbocycles. The van der Waals surface area contributed by atoms with E-state index in [0.717, 1.165) is 0 Å². The first-order chi connectivity index (χ1) is 7.63. The average Bonchev–Trinajstić information content (AvgIpc) is 2.20. The number of carbonyl (C=O) groups excluding carboxylic acids is 1. The molecular weight excluding hydrogens is 228 g/mol. The molecule has 0 aromatic heterocycles. The second-order valence-corrected chi connectivity index (χ2v) is 4.23. The summed E-state index contributed by atoms with van der Waals surface area (Å²) in [4.78, 5) is 11.3. The van der Waals surface area contributed by atoms with E-state index in [4.69, 9.17) is 9.29 Å². The standard InChI is InChI=1S/C11H14O4S/c1-2-5-11(12)15-10-7-4-3-6-9(10)8-16(13)14/h3-4,6-7H,2,5,8H2,1H3,(H,13,14). The maximum absolute atomic E-state index is 11.3. The predicted molar refractivity (Wildman–Crippen MR) is 61.5 cm³/mol. The molecule has 5 heteroatoms. The minimum absolute atomic E-state index is 0.0322. The number of hydrogen-bond acceptors (Lipinski definition) is 3. The lowest BCUT2D eigenvalue weighted by Gasteiger charge is -2.07. The van der Waals surface area contributed by atoms with E-state index in [2.05, 4.69) is 0 Å². The van der Waals surface area contributed by atoms with Crippen molar-refractivity contribution in [3.05, 3.63) is 29.8 Å². The number of carbonyl (C=O) groups is 1. The second-order valence-electron chi connectivity index (χ2n) is 3.30. The van der Waals surface area contributed by atoms with Gasteiger partial charge < -0.3 is 9.29 Å².